The summed E-state index contributed by atoms with van der Waals surface area (Å²) in [6, 6.07) is 28.5. The number of likely N-dealkylation sites (tertiary alicyclic amines) is 1. The summed E-state index contributed by atoms with van der Waals surface area (Å²) in [5, 5.41) is 8.65. The first-order valence-corrected chi connectivity index (χ1v) is 14.0. The van der Waals surface area contributed by atoms with E-state index in [1.54, 1.807) is 12.4 Å². The third-order valence-electron chi connectivity index (χ3n) is 8.16. The molecular formula is C33H31N7O. The van der Waals surface area contributed by atoms with Crippen LogP contribution in [0.3, 0.4) is 0 Å². The van der Waals surface area contributed by atoms with E-state index < -0.39 is 0 Å². The fourth-order valence-corrected chi connectivity index (χ4v) is 6.04. The molecule has 2 aliphatic heterocycles. The number of nitrogens with one attached hydrogen (secondary N) is 3. The van der Waals surface area contributed by atoms with E-state index >= 15 is 0 Å². The van der Waals surface area contributed by atoms with Gasteiger partial charge >= 0.3 is 0 Å². The van der Waals surface area contributed by atoms with Gasteiger partial charge in [0.15, 0.2) is 5.84 Å². The van der Waals surface area contributed by atoms with Crippen LogP contribution in [0.5, 0.6) is 0 Å². The fourth-order valence-electron chi connectivity index (χ4n) is 6.04. The highest BCUT2D eigenvalue weighted by Crippen LogP contribution is 2.33. The summed E-state index contributed by atoms with van der Waals surface area (Å²) in [4.78, 5) is 27.2. The number of pyridine rings is 3. The van der Waals surface area contributed by atoms with Crippen molar-refractivity contribution < 1.29 is 0 Å². The van der Waals surface area contributed by atoms with Crippen molar-refractivity contribution in [1.82, 2.24) is 30.6 Å². The third kappa shape index (κ3) is 4.98. The molecule has 0 amide bonds. The molecule has 41 heavy (non-hydrogen) atoms. The average Bonchev–Trinajstić information content (AvgIpc) is 3.65. The minimum absolute atomic E-state index is 0.0944. The molecule has 1 saturated heterocycles. The molecule has 8 heteroatoms. The van der Waals surface area contributed by atoms with Crippen LogP contribution in [0.1, 0.15) is 18.2 Å². The van der Waals surface area contributed by atoms with E-state index in [1.807, 2.05) is 48.5 Å². The number of hydrogen-bond acceptors (Lipinski definition) is 7. The Bertz CT molecular complexity index is 1770. The number of rotatable bonds is 6. The van der Waals surface area contributed by atoms with E-state index in [4.69, 9.17) is 4.98 Å². The second-order valence-corrected chi connectivity index (χ2v) is 10.9. The van der Waals surface area contributed by atoms with Gasteiger partial charge in [-0.3, -0.25) is 20.1 Å². The predicted octanol–water partition coefficient (Wildman–Crippen LogP) is 4.60. The number of aromatic nitrogens is 3. The number of hydrazone groups is 1. The Morgan fingerprint density at radius 3 is 2.56 bits per heavy atom. The lowest BCUT2D eigenvalue weighted by molar-refractivity contribution is 0.288. The predicted molar refractivity (Wildman–Crippen MR) is 162 cm³/mol. The van der Waals surface area contributed by atoms with Crippen LogP contribution in [0.2, 0.25) is 0 Å². The molecule has 3 atom stereocenters. The van der Waals surface area contributed by atoms with E-state index in [1.165, 1.54) is 5.56 Å². The second-order valence-electron chi connectivity index (χ2n) is 10.9. The maximum absolute atomic E-state index is 12.5. The van der Waals surface area contributed by atoms with Gasteiger partial charge in [-0.15, -0.1) is 0 Å². The molecular weight excluding hydrogens is 510 g/mol. The number of fused-ring (bicyclic) bond motifs is 1. The van der Waals surface area contributed by atoms with Crippen LogP contribution >= 0.6 is 0 Å². The highest BCUT2D eigenvalue weighted by molar-refractivity contribution is 5.98. The fraction of sp³-hybridized carbons (Fsp3) is 0.212. The molecule has 1 unspecified atom stereocenters. The molecule has 0 radical (unpaired) electrons. The van der Waals surface area contributed by atoms with Gasteiger partial charge in [0.25, 0.3) is 5.56 Å². The highest BCUT2D eigenvalue weighted by Gasteiger charge is 2.37. The lowest BCUT2D eigenvalue weighted by atomic mass is 9.95. The van der Waals surface area contributed by atoms with Gasteiger partial charge in [0.1, 0.15) is 11.9 Å². The van der Waals surface area contributed by atoms with E-state index in [9.17, 15) is 4.79 Å². The van der Waals surface area contributed by atoms with Gasteiger partial charge in [-0.2, -0.15) is 5.10 Å². The molecule has 7 rings (SSSR count). The Hall–Kier alpha value is -4.82. The topological polar surface area (TPSA) is 98.3 Å². The zero-order valence-corrected chi connectivity index (χ0v) is 22.8. The first-order valence-electron chi connectivity index (χ1n) is 14.0. The number of nitrogens with zero attached hydrogens (tertiary/aromatic N) is 4. The lowest BCUT2D eigenvalue weighted by Gasteiger charge is -2.23. The van der Waals surface area contributed by atoms with Crippen molar-refractivity contribution in [2.24, 2.45) is 16.9 Å². The van der Waals surface area contributed by atoms with Gasteiger partial charge in [-0.1, -0.05) is 67.6 Å². The van der Waals surface area contributed by atoms with Crippen LogP contribution in [0.15, 0.2) is 107 Å². The largest absolute Gasteiger partial charge is 0.345 e. The normalized spacial score (nSPS) is 20.5. The zero-order valence-electron chi connectivity index (χ0n) is 22.8. The van der Waals surface area contributed by atoms with Crippen LogP contribution in [0, 0.1) is 11.8 Å². The molecule has 3 N–H and O–H groups in total. The average molecular weight is 542 g/mol. The summed E-state index contributed by atoms with van der Waals surface area (Å²) in [6.45, 7) is 5.22. The van der Waals surface area contributed by atoms with Crippen LogP contribution < -0.4 is 16.3 Å². The van der Waals surface area contributed by atoms with Crippen LogP contribution in [-0.2, 0) is 6.54 Å². The molecule has 0 spiro atoms. The molecule has 3 aromatic heterocycles. The molecule has 8 nitrogen and oxygen atoms in total. The summed E-state index contributed by atoms with van der Waals surface area (Å²) in [5.74, 6) is 1.76. The van der Waals surface area contributed by atoms with Crippen molar-refractivity contribution in [3.63, 3.8) is 0 Å². The Labute approximate surface area is 238 Å². The first-order chi connectivity index (χ1) is 20.1. The Balaban J connectivity index is 1.08. The molecule has 0 aliphatic carbocycles. The molecule has 2 aromatic carbocycles. The SMILES string of the molecule is C[C@H]1CN(Cc2ccc(-c3nc4cc[nH]c(=O)c4cc3-c3ccccc3)cc2)C[C@@H]1C1NN=C(c2ccccn2)N1. The van der Waals surface area contributed by atoms with Gasteiger partial charge in [0.05, 0.1) is 16.6 Å². The summed E-state index contributed by atoms with van der Waals surface area (Å²) in [5.41, 5.74) is 9.86. The summed E-state index contributed by atoms with van der Waals surface area (Å²) in [7, 11) is 0. The van der Waals surface area contributed by atoms with E-state index in [-0.39, 0.29) is 11.7 Å². The standard InChI is InChI=1S/C33H31N7O/c1-21-18-40(20-27(21)31-37-32(39-38-31)29-9-5-6-15-34-29)19-22-10-12-24(13-11-22)30-25(23-7-3-2-4-8-23)17-26-28(36-30)14-16-35-33(26)41/h2-17,21,27,31,38H,18-20H2,1H3,(H,35,41)(H,37,39)/t21-,27-,31?/m0/s1. The zero-order chi connectivity index (χ0) is 27.8. The maximum Gasteiger partial charge on any atom is 0.257 e. The lowest BCUT2D eigenvalue weighted by Crippen LogP contribution is -2.44. The van der Waals surface area contributed by atoms with Crippen molar-refractivity contribution in [1.29, 1.82) is 0 Å². The molecule has 1 fully saturated rings. The monoisotopic (exact) mass is 541 g/mol. The van der Waals surface area contributed by atoms with Crippen molar-refractivity contribution in [2.75, 3.05) is 13.1 Å². The number of hydrogen-bond donors (Lipinski definition) is 3. The quantitative estimate of drug-likeness (QED) is 0.291. The Morgan fingerprint density at radius 1 is 0.927 bits per heavy atom. The minimum Gasteiger partial charge on any atom is -0.345 e. The van der Waals surface area contributed by atoms with Gasteiger partial charge in [0.2, 0.25) is 0 Å². The van der Waals surface area contributed by atoms with Gasteiger partial charge in [0, 0.05) is 49.1 Å². The molecule has 204 valence electrons. The Morgan fingerprint density at radius 2 is 1.76 bits per heavy atom. The van der Waals surface area contributed by atoms with E-state index in [0.717, 1.165) is 53.5 Å². The second kappa shape index (κ2) is 10.6. The van der Waals surface area contributed by atoms with Crippen molar-refractivity contribution >= 4 is 16.7 Å². The molecule has 5 heterocycles. The summed E-state index contributed by atoms with van der Waals surface area (Å²) in [6.07, 6.45) is 3.54. The molecule has 2 aliphatic rings. The van der Waals surface area contributed by atoms with Gasteiger partial charge in [-0.25, -0.2) is 4.98 Å². The van der Waals surface area contributed by atoms with Crippen LogP contribution in [0.4, 0.5) is 0 Å². The van der Waals surface area contributed by atoms with Gasteiger partial charge in [-0.05, 0) is 41.3 Å². The molecule has 5 aromatic rings. The molecule has 0 bridgehead atoms. The highest BCUT2D eigenvalue weighted by atomic mass is 16.1. The number of aromatic amines is 1. The van der Waals surface area contributed by atoms with Crippen molar-refractivity contribution in [2.45, 2.75) is 19.6 Å². The van der Waals surface area contributed by atoms with E-state index in [0.29, 0.717) is 22.7 Å². The first kappa shape index (κ1) is 25.2. The summed E-state index contributed by atoms with van der Waals surface area (Å²) < 4.78 is 0. The Kier molecular flexibility index (Phi) is 6.53. The van der Waals surface area contributed by atoms with E-state index in [2.05, 4.69) is 74.0 Å². The maximum atomic E-state index is 12.5. The number of benzene rings is 2. The number of H-pyrrole nitrogens is 1. The van der Waals surface area contributed by atoms with Crippen LogP contribution in [0.25, 0.3) is 33.3 Å². The van der Waals surface area contributed by atoms with Crippen LogP contribution in [-0.4, -0.2) is 44.9 Å². The van der Waals surface area contributed by atoms with Crippen molar-refractivity contribution in [3.05, 3.63) is 119 Å². The smallest absolute Gasteiger partial charge is 0.257 e. The minimum atomic E-state index is -0.130. The van der Waals surface area contributed by atoms with Crippen molar-refractivity contribution in [3.8, 4) is 22.4 Å². The van der Waals surface area contributed by atoms with Gasteiger partial charge < -0.3 is 10.3 Å². The third-order valence-corrected chi connectivity index (χ3v) is 8.16. The molecule has 0 saturated carbocycles. The number of amidine groups is 1. The summed E-state index contributed by atoms with van der Waals surface area (Å²) >= 11 is 0.